The maximum absolute atomic E-state index is 12.0. The number of carbonyl (C=O) groups is 1. The van der Waals surface area contributed by atoms with Gasteiger partial charge in [-0.3, -0.25) is 4.79 Å². The highest BCUT2D eigenvalue weighted by Gasteiger charge is 2.27. The molecule has 22 heavy (non-hydrogen) atoms. The zero-order valence-electron chi connectivity index (χ0n) is 12.4. The van der Waals surface area contributed by atoms with Crippen LogP contribution in [0.4, 0.5) is 0 Å². The van der Waals surface area contributed by atoms with Crippen molar-refractivity contribution in [1.82, 2.24) is 20.1 Å². The number of rotatable bonds is 5. The van der Waals surface area contributed by atoms with E-state index in [1.54, 1.807) is 0 Å². The summed E-state index contributed by atoms with van der Waals surface area (Å²) in [6.45, 7) is 1.89. The van der Waals surface area contributed by atoms with Crippen LogP contribution in [0.5, 0.6) is 0 Å². The quantitative estimate of drug-likeness (QED) is 0.853. The number of hydrogen-bond donors (Lipinski definition) is 1. The third-order valence-electron chi connectivity index (χ3n) is 3.51. The number of halogens is 1. The maximum atomic E-state index is 12.0. The molecule has 1 aromatic heterocycles. The summed E-state index contributed by atoms with van der Waals surface area (Å²) >= 11 is 7.32. The Morgan fingerprint density at radius 3 is 2.68 bits per heavy atom. The number of nitrogens with zero attached hydrogens (tertiary/aromatic N) is 3. The van der Waals surface area contributed by atoms with Crippen molar-refractivity contribution >= 4 is 29.3 Å². The van der Waals surface area contributed by atoms with Crippen molar-refractivity contribution in [3.63, 3.8) is 0 Å². The minimum absolute atomic E-state index is 0.0588. The average molecular weight is 337 g/mol. The van der Waals surface area contributed by atoms with Crippen LogP contribution in [0, 0.1) is 0 Å². The van der Waals surface area contributed by atoms with Gasteiger partial charge in [0, 0.05) is 23.7 Å². The molecule has 116 valence electrons. The molecule has 7 heteroatoms. The molecule has 1 amide bonds. The predicted octanol–water partition coefficient (Wildman–Crippen LogP) is 2.89. The van der Waals surface area contributed by atoms with Crippen LogP contribution < -0.4 is 5.32 Å². The van der Waals surface area contributed by atoms with Crippen LogP contribution in [-0.2, 0) is 11.8 Å². The van der Waals surface area contributed by atoms with Crippen LogP contribution in [0.3, 0.4) is 0 Å². The molecule has 0 aliphatic heterocycles. The normalized spacial score (nSPS) is 15.6. The van der Waals surface area contributed by atoms with E-state index >= 15 is 0 Å². The molecular formula is C15H17ClN4OS. The van der Waals surface area contributed by atoms with E-state index in [1.807, 2.05) is 42.8 Å². The van der Waals surface area contributed by atoms with Gasteiger partial charge in [0.1, 0.15) is 0 Å². The minimum Gasteiger partial charge on any atom is -0.352 e. The first-order valence-electron chi connectivity index (χ1n) is 7.17. The number of carbonyl (C=O) groups excluding carboxylic acids is 1. The third-order valence-corrected chi connectivity index (χ3v) is 4.90. The van der Waals surface area contributed by atoms with E-state index in [0.29, 0.717) is 11.1 Å². The van der Waals surface area contributed by atoms with Crippen LogP contribution >= 0.6 is 23.4 Å². The molecule has 5 nitrogen and oxygen atoms in total. The fourth-order valence-corrected chi connectivity index (χ4v) is 2.98. The monoisotopic (exact) mass is 336 g/mol. The number of benzene rings is 1. The van der Waals surface area contributed by atoms with Crippen molar-refractivity contribution < 1.29 is 4.79 Å². The van der Waals surface area contributed by atoms with Gasteiger partial charge in [-0.25, -0.2) is 0 Å². The lowest BCUT2D eigenvalue weighted by atomic mass is 10.2. The standard InChI is InChI=1S/C15H17ClN4OS/c1-9(14(21)17-12-7-8-12)22-15-19-18-13(20(15)2)10-3-5-11(16)6-4-10/h3-6,9,12H,7-8H2,1-2H3,(H,17,21)/t9-/m0/s1. The Morgan fingerprint density at radius 2 is 2.05 bits per heavy atom. The summed E-state index contributed by atoms with van der Waals surface area (Å²) in [4.78, 5) is 12.0. The van der Waals surface area contributed by atoms with E-state index in [0.717, 1.165) is 29.4 Å². The Balaban J connectivity index is 1.72. The zero-order valence-corrected chi connectivity index (χ0v) is 14.0. The molecule has 1 N–H and O–H groups in total. The van der Waals surface area contributed by atoms with Crippen molar-refractivity contribution in [3.05, 3.63) is 29.3 Å². The van der Waals surface area contributed by atoms with E-state index in [-0.39, 0.29) is 11.2 Å². The van der Waals surface area contributed by atoms with Crippen molar-refractivity contribution in [1.29, 1.82) is 0 Å². The van der Waals surface area contributed by atoms with Gasteiger partial charge in [0.15, 0.2) is 11.0 Å². The van der Waals surface area contributed by atoms with Crippen LogP contribution in [0.1, 0.15) is 19.8 Å². The molecule has 1 aromatic carbocycles. The maximum Gasteiger partial charge on any atom is 0.233 e. The molecule has 1 atom stereocenters. The van der Waals surface area contributed by atoms with Gasteiger partial charge in [-0.05, 0) is 44.0 Å². The number of aromatic nitrogens is 3. The lowest BCUT2D eigenvalue weighted by molar-refractivity contribution is -0.120. The number of amides is 1. The fraction of sp³-hybridized carbons (Fsp3) is 0.400. The molecule has 0 spiro atoms. The van der Waals surface area contributed by atoms with Crippen LogP contribution in [0.25, 0.3) is 11.4 Å². The molecule has 3 rings (SSSR count). The summed E-state index contributed by atoms with van der Waals surface area (Å²) < 4.78 is 1.90. The molecule has 0 unspecified atom stereocenters. The Labute approximate surface area is 138 Å². The number of thioether (sulfide) groups is 1. The molecule has 1 saturated carbocycles. The molecule has 2 aromatic rings. The van der Waals surface area contributed by atoms with E-state index in [4.69, 9.17) is 11.6 Å². The average Bonchev–Trinajstić information content (AvgIpc) is 3.24. The smallest absolute Gasteiger partial charge is 0.233 e. The predicted molar refractivity (Wildman–Crippen MR) is 87.9 cm³/mol. The first-order chi connectivity index (χ1) is 10.5. The van der Waals surface area contributed by atoms with Gasteiger partial charge in [0.25, 0.3) is 0 Å². The number of nitrogens with one attached hydrogen (secondary N) is 1. The topological polar surface area (TPSA) is 59.8 Å². The lowest BCUT2D eigenvalue weighted by Crippen LogP contribution is -2.32. The van der Waals surface area contributed by atoms with Gasteiger partial charge in [-0.2, -0.15) is 0 Å². The van der Waals surface area contributed by atoms with E-state index < -0.39 is 0 Å². The summed E-state index contributed by atoms with van der Waals surface area (Å²) in [5.41, 5.74) is 0.946. The first kappa shape index (κ1) is 15.4. The van der Waals surface area contributed by atoms with Gasteiger partial charge < -0.3 is 9.88 Å². The molecule has 1 heterocycles. The highest BCUT2D eigenvalue weighted by Crippen LogP contribution is 2.27. The van der Waals surface area contributed by atoms with Crippen LogP contribution in [0.2, 0.25) is 5.02 Å². The van der Waals surface area contributed by atoms with Gasteiger partial charge in [0.2, 0.25) is 5.91 Å². The SMILES string of the molecule is C[C@H](Sc1nnc(-c2ccc(Cl)cc2)n1C)C(=O)NC1CC1. The lowest BCUT2D eigenvalue weighted by Gasteiger charge is -2.11. The molecule has 1 fully saturated rings. The highest BCUT2D eigenvalue weighted by atomic mass is 35.5. The highest BCUT2D eigenvalue weighted by molar-refractivity contribution is 8.00. The molecule has 0 bridgehead atoms. The second-order valence-electron chi connectivity index (χ2n) is 5.42. The largest absolute Gasteiger partial charge is 0.352 e. The summed E-state index contributed by atoms with van der Waals surface area (Å²) in [7, 11) is 1.90. The third kappa shape index (κ3) is 3.44. The van der Waals surface area contributed by atoms with Gasteiger partial charge >= 0.3 is 0 Å². The summed E-state index contributed by atoms with van der Waals surface area (Å²) in [6.07, 6.45) is 2.18. The first-order valence-corrected chi connectivity index (χ1v) is 8.42. The Morgan fingerprint density at radius 1 is 1.36 bits per heavy atom. The summed E-state index contributed by atoms with van der Waals surface area (Å²) in [5, 5.41) is 12.6. The van der Waals surface area contributed by atoms with Gasteiger partial charge in [-0.15, -0.1) is 10.2 Å². The Kier molecular flexibility index (Phi) is 4.40. The van der Waals surface area contributed by atoms with Gasteiger partial charge in [-0.1, -0.05) is 23.4 Å². The van der Waals surface area contributed by atoms with E-state index in [9.17, 15) is 4.79 Å². The fourth-order valence-electron chi connectivity index (χ4n) is 2.03. The van der Waals surface area contributed by atoms with E-state index in [2.05, 4.69) is 15.5 Å². The molecule has 0 radical (unpaired) electrons. The van der Waals surface area contributed by atoms with Crippen LogP contribution in [0.15, 0.2) is 29.4 Å². The molecular weight excluding hydrogens is 320 g/mol. The van der Waals surface area contributed by atoms with Crippen molar-refractivity contribution in [2.45, 2.75) is 36.2 Å². The van der Waals surface area contributed by atoms with E-state index in [1.165, 1.54) is 11.8 Å². The Hall–Kier alpha value is -1.53. The van der Waals surface area contributed by atoms with Crippen molar-refractivity contribution in [3.8, 4) is 11.4 Å². The Bertz CT molecular complexity index is 681. The van der Waals surface area contributed by atoms with Crippen molar-refractivity contribution in [2.24, 2.45) is 7.05 Å². The van der Waals surface area contributed by atoms with Crippen molar-refractivity contribution in [2.75, 3.05) is 0 Å². The van der Waals surface area contributed by atoms with Crippen LogP contribution in [-0.4, -0.2) is 32.0 Å². The molecule has 0 saturated heterocycles. The molecule has 1 aliphatic rings. The second kappa shape index (κ2) is 6.30. The summed E-state index contributed by atoms with van der Waals surface area (Å²) in [5.74, 6) is 0.817. The number of hydrogen-bond acceptors (Lipinski definition) is 4. The van der Waals surface area contributed by atoms with Gasteiger partial charge in [0.05, 0.1) is 5.25 Å². The second-order valence-corrected chi connectivity index (χ2v) is 7.16. The molecule has 1 aliphatic carbocycles. The summed E-state index contributed by atoms with van der Waals surface area (Å²) in [6, 6.07) is 7.84. The minimum atomic E-state index is -0.193. The zero-order chi connectivity index (χ0) is 15.7.